The maximum absolute atomic E-state index is 12.6. The molecular formula is C15H24N2O2. The molecular weight excluding hydrogens is 240 g/mol. The molecule has 1 saturated carbocycles. The maximum Gasteiger partial charge on any atom is 0.169 e. The first-order chi connectivity index (χ1) is 9.20. The van der Waals surface area contributed by atoms with Crippen molar-refractivity contribution in [3.8, 4) is 0 Å². The van der Waals surface area contributed by atoms with Gasteiger partial charge < -0.3 is 4.74 Å². The van der Waals surface area contributed by atoms with Gasteiger partial charge in [0, 0.05) is 26.3 Å². The Labute approximate surface area is 115 Å². The number of hydrogen-bond donors (Lipinski definition) is 0. The fourth-order valence-electron chi connectivity index (χ4n) is 2.91. The molecule has 0 spiro atoms. The largest absolute Gasteiger partial charge is 0.370 e. The molecule has 0 saturated heterocycles. The summed E-state index contributed by atoms with van der Waals surface area (Å²) < 4.78 is 7.51. The van der Waals surface area contributed by atoms with E-state index in [1.807, 2.05) is 17.8 Å². The summed E-state index contributed by atoms with van der Waals surface area (Å²) in [5.74, 6) is 0.215. The van der Waals surface area contributed by atoms with Crippen molar-refractivity contribution in [2.75, 3.05) is 7.11 Å². The zero-order valence-electron chi connectivity index (χ0n) is 12.0. The predicted molar refractivity (Wildman–Crippen MR) is 74.1 cm³/mol. The first-order valence-corrected chi connectivity index (χ1v) is 7.30. The highest BCUT2D eigenvalue weighted by Crippen LogP contribution is 2.31. The van der Waals surface area contributed by atoms with E-state index in [9.17, 15) is 4.79 Å². The van der Waals surface area contributed by atoms with E-state index in [0.717, 1.165) is 37.8 Å². The standard InChI is InChI=1S/C15H24N2O2/c1-3-17-12-13(11-16-17)10-14(18)15(19-2)8-6-4-5-7-9-15/h11-12H,3-10H2,1-2H3. The van der Waals surface area contributed by atoms with Crippen molar-refractivity contribution >= 4 is 5.78 Å². The van der Waals surface area contributed by atoms with E-state index in [-0.39, 0.29) is 5.78 Å². The first-order valence-electron chi connectivity index (χ1n) is 7.30. The number of carbonyl (C=O) groups excluding carboxylic acids is 1. The second kappa shape index (κ2) is 6.33. The van der Waals surface area contributed by atoms with Crippen LogP contribution in [-0.4, -0.2) is 28.3 Å². The van der Waals surface area contributed by atoms with Crippen LogP contribution in [0.2, 0.25) is 0 Å². The van der Waals surface area contributed by atoms with Crippen LogP contribution in [0, 0.1) is 0 Å². The summed E-state index contributed by atoms with van der Waals surface area (Å²) in [7, 11) is 1.68. The Morgan fingerprint density at radius 3 is 2.58 bits per heavy atom. The summed E-state index contributed by atoms with van der Waals surface area (Å²) in [4.78, 5) is 12.6. The number of ether oxygens (including phenoxy) is 1. The summed E-state index contributed by atoms with van der Waals surface area (Å²) in [5.41, 5.74) is 0.442. The van der Waals surface area contributed by atoms with Crippen molar-refractivity contribution in [1.82, 2.24) is 9.78 Å². The van der Waals surface area contributed by atoms with Crippen molar-refractivity contribution < 1.29 is 9.53 Å². The number of hydrogen-bond acceptors (Lipinski definition) is 3. The topological polar surface area (TPSA) is 44.1 Å². The number of ketones is 1. The van der Waals surface area contributed by atoms with Crippen molar-refractivity contribution in [3.63, 3.8) is 0 Å². The Bertz CT molecular complexity index is 418. The lowest BCUT2D eigenvalue weighted by Crippen LogP contribution is -2.41. The van der Waals surface area contributed by atoms with Gasteiger partial charge in [-0.05, 0) is 25.3 Å². The van der Waals surface area contributed by atoms with Crippen LogP contribution in [0.15, 0.2) is 12.4 Å². The second-order valence-corrected chi connectivity index (χ2v) is 5.42. The highest BCUT2D eigenvalue weighted by Gasteiger charge is 2.38. The molecule has 106 valence electrons. The van der Waals surface area contributed by atoms with Gasteiger partial charge in [0.25, 0.3) is 0 Å². The van der Waals surface area contributed by atoms with Crippen molar-refractivity contribution in [1.29, 1.82) is 0 Å². The van der Waals surface area contributed by atoms with E-state index in [1.165, 1.54) is 12.8 Å². The number of rotatable bonds is 5. The van der Waals surface area contributed by atoms with Crippen LogP contribution in [0.5, 0.6) is 0 Å². The molecule has 0 aliphatic heterocycles. The number of carbonyl (C=O) groups is 1. The van der Waals surface area contributed by atoms with E-state index < -0.39 is 5.60 Å². The van der Waals surface area contributed by atoms with Crippen LogP contribution in [-0.2, 0) is 22.5 Å². The predicted octanol–water partition coefficient (Wildman–Crippen LogP) is 2.75. The normalized spacial score (nSPS) is 19.1. The van der Waals surface area contributed by atoms with Gasteiger partial charge in [-0.15, -0.1) is 0 Å². The average Bonchev–Trinajstić information content (AvgIpc) is 2.74. The third kappa shape index (κ3) is 3.24. The van der Waals surface area contributed by atoms with Crippen LogP contribution in [0.1, 0.15) is 51.0 Å². The molecule has 0 bridgehead atoms. The molecule has 0 aromatic carbocycles. The minimum Gasteiger partial charge on any atom is -0.370 e. The monoisotopic (exact) mass is 264 g/mol. The Morgan fingerprint density at radius 1 is 1.37 bits per heavy atom. The third-order valence-corrected chi connectivity index (χ3v) is 4.19. The number of methoxy groups -OCH3 is 1. The molecule has 0 radical (unpaired) electrons. The van der Waals surface area contributed by atoms with Gasteiger partial charge in [-0.2, -0.15) is 5.10 Å². The number of aromatic nitrogens is 2. The molecule has 19 heavy (non-hydrogen) atoms. The molecule has 1 aliphatic carbocycles. The van der Waals surface area contributed by atoms with E-state index in [2.05, 4.69) is 5.10 Å². The summed E-state index contributed by atoms with van der Waals surface area (Å²) in [5, 5.41) is 4.22. The summed E-state index contributed by atoms with van der Waals surface area (Å²) in [6.45, 7) is 2.88. The fraction of sp³-hybridized carbons (Fsp3) is 0.733. The minimum atomic E-state index is -0.551. The van der Waals surface area contributed by atoms with Gasteiger partial charge in [0.1, 0.15) is 5.60 Å². The van der Waals surface area contributed by atoms with Gasteiger partial charge in [0.15, 0.2) is 5.78 Å². The van der Waals surface area contributed by atoms with Crippen molar-refractivity contribution in [2.24, 2.45) is 0 Å². The first kappa shape index (κ1) is 14.3. The number of aryl methyl sites for hydroxylation is 1. The number of nitrogens with zero attached hydrogens (tertiary/aromatic N) is 2. The van der Waals surface area contributed by atoms with Gasteiger partial charge in [-0.25, -0.2) is 0 Å². The molecule has 0 atom stereocenters. The van der Waals surface area contributed by atoms with Crippen LogP contribution in [0.25, 0.3) is 0 Å². The molecule has 0 unspecified atom stereocenters. The van der Waals surface area contributed by atoms with Gasteiger partial charge >= 0.3 is 0 Å². The van der Waals surface area contributed by atoms with Crippen LogP contribution >= 0.6 is 0 Å². The van der Waals surface area contributed by atoms with Crippen molar-refractivity contribution in [3.05, 3.63) is 18.0 Å². The molecule has 4 heteroatoms. The molecule has 1 aromatic rings. The second-order valence-electron chi connectivity index (χ2n) is 5.42. The molecule has 1 fully saturated rings. The Kier molecular flexibility index (Phi) is 4.75. The lowest BCUT2D eigenvalue weighted by atomic mass is 9.87. The molecule has 1 heterocycles. The zero-order valence-corrected chi connectivity index (χ0v) is 12.0. The Morgan fingerprint density at radius 2 is 2.05 bits per heavy atom. The van der Waals surface area contributed by atoms with E-state index >= 15 is 0 Å². The fourth-order valence-corrected chi connectivity index (χ4v) is 2.91. The minimum absolute atomic E-state index is 0.215. The van der Waals surface area contributed by atoms with Gasteiger partial charge in [-0.3, -0.25) is 9.48 Å². The average molecular weight is 264 g/mol. The molecule has 1 aromatic heterocycles. The highest BCUT2D eigenvalue weighted by atomic mass is 16.5. The van der Waals surface area contributed by atoms with Crippen LogP contribution in [0.4, 0.5) is 0 Å². The summed E-state index contributed by atoms with van der Waals surface area (Å²) in [6, 6.07) is 0. The Balaban J connectivity index is 2.07. The lowest BCUT2D eigenvalue weighted by molar-refractivity contribution is -0.142. The Hall–Kier alpha value is -1.16. The van der Waals surface area contributed by atoms with E-state index in [4.69, 9.17) is 4.74 Å². The molecule has 4 nitrogen and oxygen atoms in total. The van der Waals surface area contributed by atoms with Crippen LogP contribution < -0.4 is 0 Å². The third-order valence-electron chi connectivity index (χ3n) is 4.19. The molecule has 0 amide bonds. The lowest BCUT2D eigenvalue weighted by Gasteiger charge is -2.29. The summed E-state index contributed by atoms with van der Waals surface area (Å²) >= 11 is 0. The zero-order chi connectivity index (χ0) is 13.7. The molecule has 1 aliphatic rings. The maximum atomic E-state index is 12.6. The van der Waals surface area contributed by atoms with Gasteiger partial charge in [0.2, 0.25) is 0 Å². The van der Waals surface area contributed by atoms with Crippen molar-refractivity contribution in [2.45, 2.75) is 64.0 Å². The number of Topliss-reactive ketones (excluding diaryl/α,β-unsaturated/α-hetero) is 1. The van der Waals surface area contributed by atoms with Gasteiger partial charge in [-0.1, -0.05) is 25.7 Å². The SMILES string of the molecule is CCn1cc(CC(=O)C2(OC)CCCCCC2)cn1. The molecule has 2 rings (SSSR count). The molecule has 0 N–H and O–H groups in total. The van der Waals surface area contributed by atoms with Gasteiger partial charge in [0.05, 0.1) is 6.20 Å². The van der Waals surface area contributed by atoms with E-state index in [1.54, 1.807) is 13.3 Å². The smallest absolute Gasteiger partial charge is 0.169 e. The summed E-state index contributed by atoms with van der Waals surface area (Å²) in [6.07, 6.45) is 10.5. The highest BCUT2D eigenvalue weighted by molar-refractivity contribution is 5.89. The quantitative estimate of drug-likeness (QED) is 0.768. The van der Waals surface area contributed by atoms with Crippen LogP contribution in [0.3, 0.4) is 0 Å². The van der Waals surface area contributed by atoms with E-state index in [0.29, 0.717) is 6.42 Å².